The molecule has 0 bridgehead atoms. The Morgan fingerprint density at radius 3 is 2.38 bits per heavy atom. The van der Waals surface area contributed by atoms with Crippen molar-refractivity contribution in [2.45, 2.75) is 43.4 Å². The van der Waals surface area contributed by atoms with Crippen molar-refractivity contribution in [3.63, 3.8) is 0 Å². The predicted molar refractivity (Wildman–Crippen MR) is 118 cm³/mol. The first-order valence-corrected chi connectivity index (χ1v) is 12.1. The van der Waals surface area contributed by atoms with E-state index in [0.29, 0.717) is 21.7 Å². The van der Waals surface area contributed by atoms with E-state index >= 15 is 0 Å². The number of halogens is 5. The average Bonchev–Trinajstić information content (AvgIpc) is 3.21. The van der Waals surface area contributed by atoms with Crippen LogP contribution in [-0.4, -0.2) is 40.5 Å². The Labute approximate surface area is 203 Å². The smallest absolute Gasteiger partial charge is 0.296 e. The number of alkyl halides is 3. The lowest BCUT2D eigenvalue weighted by Crippen LogP contribution is -2.42. The normalized spacial score (nSPS) is 13.1. The quantitative estimate of drug-likeness (QED) is 0.445. The minimum Gasteiger partial charge on any atom is -0.296 e. The predicted octanol–water partition coefficient (Wildman–Crippen LogP) is 3.92. The van der Waals surface area contributed by atoms with Crippen LogP contribution in [-0.2, 0) is 34.0 Å². The van der Waals surface area contributed by atoms with Crippen molar-refractivity contribution in [3.8, 4) is 0 Å². The van der Waals surface area contributed by atoms with Crippen LogP contribution in [0.15, 0.2) is 47.4 Å². The molecule has 1 aromatic heterocycles. The Hall–Kier alpha value is -2.54. The number of carbonyl (C=O) groups excluding carboxylic acids is 1. The van der Waals surface area contributed by atoms with Gasteiger partial charge in [0.1, 0.15) is 6.54 Å². The van der Waals surface area contributed by atoms with Crippen LogP contribution in [0.2, 0.25) is 10.0 Å². The summed E-state index contributed by atoms with van der Waals surface area (Å²) in [6, 6.07) is 7.38. The molecular formula is C20H18Cl2F3N5O3S. The zero-order chi connectivity index (χ0) is 25.1. The molecule has 182 valence electrons. The number of sulfonamides is 1. The lowest BCUT2D eigenvalue weighted by atomic mass is 10.1. The van der Waals surface area contributed by atoms with Gasteiger partial charge in [-0.1, -0.05) is 48.3 Å². The van der Waals surface area contributed by atoms with E-state index in [-0.39, 0.29) is 18.7 Å². The van der Waals surface area contributed by atoms with Crippen molar-refractivity contribution in [2.75, 3.05) is 0 Å². The molecule has 1 N–H and O–H groups in total. The largest absolute Gasteiger partial charge is 0.417 e. The molecule has 0 aliphatic rings. The van der Waals surface area contributed by atoms with Crippen molar-refractivity contribution < 1.29 is 26.4 Å². The van der Waals surface area contributed by atoms with Gasteiger partial charge in [-0.3, -0.25) is 4.79 Å². The van der Waals surface area contributed by atoms with Gasteiger partial charge >= 0.3 is 6.18 Å². The average molecular weight is 536 g/mol. The molecule has 3 aromatic rings. The number of benzene rings is 2. The molecule has 0 saturated heterocycles. The second-order valence-corrected chi connectivity index (χ2v) is 9.65. The molecule has 14 heteroatoms. The summed E-state index contributed by atoms with van der Waals surface area (Å²) < 4.78 is 67.1. The molecule has 0 spiro atoms. The van der Waals surface area contributed by atoms with Crippen molar-refractivity contribution in [1.82, 2.24) is 24.9 Å². The van der Waals surface area contributed by atoms with Crippen LogP contribution >= 0.6 is 23.2 Å². The molecule has 34 heavy (non-hydrogen) atoms. The highest BCUT2D eigenvalue weighted by molar-refractivity contribution is 7.89. The van der Waals surface area contributed by atoms with E-state index < -0.39 is 45.0 Å². The first-order valence-electron chi connectivity index (χ1n) is 9.83. The summed E-state index contributed by atoms with van der Waals surface area (Å²) in [5.41, 5.74) is -0.759. The molecule has 8 nitrogen and oxygen atoms in total. The van der Waals surface area contributed by atoms with Crippen LogP contribution < -0.4 is 4.72 Å². The van der Waals surface area contributed by atoms with E-state index in [4.69, 9.17) is 23.2 Å². The molecule has 3 rings (SSSR count). The van der Waals surface area contributed by atoms with Crippen LogP contribution in [0.5, 0.6) is 0 Å². The topological polar surface area (TPSA) is 107 Å². The molecule has 0 amide bonds. The molecule has 0 aliphatic heterocycles. The second kappa shape index (κ2) is 10.4. The number of aromatic nitrogens is 4. The van der Waals surface area contributed by atoms with Crippen molar-refractivity contribution in [2.24, 2.45) is 0 Å². The van der Waals surface area contributed by atoms with Crippen LogP contribution in [0.3, 0.4) is 0 Å². The fourth-order valence-corrected chi connectivity index (χ4v) is 5.15. The molecular weight excluding hydrogens is 518 g/mol. The van der Waals surface area contributed by atoms with Crippen LogP contribution in [0.1, 0.15) is 30.3 Å². The number of carbonyl (C=O) groups is 1. The fraction of sp³-hybridized carbons (Fsp3) is 0.300. The zero-order valence-corrected chi connectivity index (χ0v) is 19.9. The zero-order valence-electron chi connectivity index (χ0n) is 17.6. The first-order chi connectivity index (χ1) is 15.9. The van der Waals surface area contributed by atoms with E-state index in [0.717, 1.165) is 16.9 Å². The Kier molecular flexibility index (Phi) is 7.96. The van der Waals surface area contributed by atoms with Crippen molar-refractivity contribution >= 4 is 39.0 Å². The molecule has 0 saturated carbocycles. The van der Waals surface area contributed by atoms with Crippen LogP contribution in [0.4, 0.5) is 13.2 Å². The van der Waals surface area contributed by atoms with E-state index in [2.05, 4.69) is 20.1 Å². The maximum Gasteiger partial charge on any atom is 0.417 e. The minimum atomic E-state index is -4.89. The summed E-state index contributed by atoms with van der Waals surface area (Å²) in [5, 5.41) is 12.5. The van der Waals surface area contributed by atoms with Gasteiger partial charge in [-0.25, -0.2) is 13.1 Å². The number of rotatable bonds is 9. The summed E-state index contributed by atoms with van der Waals surface area (Å²) in [7, 11) is -4.65. The number of nitrogens with one attached hydrogen (secondary N) is 1. The third-order valence-electron chi connectivity index (χ3n) is 4.76. The second-order valence-electron chi connectivity index (χ2n) is 7.16. The summed E-state index contributed by atoms with van der Waals surface area (Å²) in [6.07, 6.45) is -4.75. The summed E-state index contributed by atoms with van der Waals surface area (Å²) >= 11 is 12.3. The standard InChI is InChI=1S/C20H18Cl2F3N5O3S/c1-2-16(28-34(32,33)18-9-4-3-6-13(18)20(23,24)25)17(31)11-30-27-19(26-29-30)10-12-14(21)7-5-8-15(12)22/h3-9,16,28H,2,10-11H2,1H3. The third kappa shape index (κ3) is 6.12. The number of hydrogen-bond acceptors (Lipinski definition) is 6. The Morgan fingerprint density at radius 1 is 1.12 bits per heavy atom. The lowest BCUT2D eigenvalue weighted by molar-refractivity contribution is -0.139. The van der Waals surface area contributed by atoms with Gasteiger partial charge in [-0.2, -0.15) is 18.0 Å². The summed E-state index contributed by atoms with van der Waals surface area (Å²) in [5.74, 6) is -0.439. The number of nitrogens with zero attached hydrogens (tertiary/aromatic N) is 4. The SMILES string of the molecule is CCC(NS(=O)(=O)c1ccccc1C(F)(F)F)C(=O)Cn1nnc(Cc2c(Cl)cccc2Cl)n1. The van der Waals surface area contributed by atoms with Gasteiger partial charge in [0.25, 0.3) is 0 Å². The fourth-order valence-electron chi connectivity index (χ4n) is 3.09. The van der Waals surface area contributed by atoms with Crippen LogP contribution in [0, 0.1) is 0 Å². The Bertz CT molecular complexity index is 1280. The molecule has 1 unspecified atom stereocenters. The number of ketones is 1. The van der Waals surface area contributed by atoms with Crippen molar-refractivity contribution in [3.05, 3.63) is 69.5 Å². The van der Waals surface area contributed by atoms with E-state index in [1.165, 1.54) is 13.0 Å². The van der Waals surface area contributed by atoms with E-state index in [1.54, 1.807) is 18.2 Å². The van der Waals surface area contributed by atoms with E-state index in [9.17, 15) is 26.4 Å². The molecule has 0 aliphatic carbocycles. The third-order valence-corrected chi connectivity index (χ3v) is 7.00. The van der Waals surface area contributed by atoms with Crippen molar-refractivity contribution in [1.29, 1.82) is 0 Å². The number of tetrazole rings is 1. The summed E-state index contributed by atoms with van der Waals surface area (Å²) in [4.78, 5) is 12.7. The molecule has 1 heterocycles. The van der Waals surface area contributed by atoms with Gasteiger partial charge in [-0.05, 0) is 41.5 Å². The van der Waals surface area contributed by atoms with Gasteiger partial charge in [0.15, 0.2) is 11.6 Å². The van der Waals surface area contributed by atoms with Gasteiger partial charge in [0, 0.05) is 16.5 Å². The van der Waals surface area contributed by atoms with E-state index in [1.807, 2.05) is 0 Å². The van der Waals surface area contributed by atoms with Gasteiger partial charge in [-0.15, -0.1) is 10.2 Å². The Balaban J connectivity index is 1.74. The maximum atomic E-state index is 13.3. The maximum absolute atomic E-state index is 13.3. The van der Waals surface area contributed by atoms with Crippen LogP contribution in [0.25, 0.3) is 0 Å². The molecule has 0 radical (unpaired) electrons. The minimum absolute atomic E-state index is 0.0109. The number of Topliss-reactive ketones (excluding diaryl/α,β-unsaturated/α-hetero) is 1. The van der Waals surface area contributed by atoms with Gasteiger partial charge in [0.2, 0.25) is 10.0 Å². The highest BCUT2D eigenvalue weighted by Crippen LogP contribution is 2.34. The highest BCUT2D eigenvalue weighted by Gasteiger charge is 2.38. The highest BCUT2D eigenvalue weighted by atomic mass is 35.5. The molecule has 2 aromatic carbocycles. The lowest BCUT2D eigenvalue weighted by Gasteiger charge is -2.18. The molecule has 0 fully saturated rings. The van der Waals surface area contributed by atoms with Gasteiger partial charge in [0.05, 0.1) is 16.5 Å². The first kappa shape index (κ1) is 26.1. The summed E-state index contributed by atoms with van der Waals surface area (Å²) in [6.45, 7) is 1.06. The van der Waals surface area contributed by atoms with Gasteiger partial charge < -0.3 is 0 Å². The molecule has 1 atom stereocenters. The Morgan fingerprint density at radius 2 is 1.76 bits per heavy atom. The number of hydrogen-bond donors (Lipinski definition) is 1. The monoisotopic (exact) mass is 535 g/mol.